The minimum atomic E-state index is -4.31. The van der Waals surface area contributed by atoms with Crippen molar-refractivity contribution in [2.75, 3.05) is 31.6 Å². The zero-order chi connectivity index (χ0) is 21.9. The summed E-state index contributed by atoms with van der Waals surface area (Å²) in [7, 11) is 0. The number of rotatable bonds is 5. The molecule has 1 amide bonds. The molecule has 0 saturated carbocycles. The Labute approximate surface area is 174 Å². The molecule has 2 aromatic rings. The summed E-state index contributed by atoms with van der Waals surface area (Å²) in [5, 5.41) is 6.05. The SMILES string of the molecule is CC(C)(C)c1cc(NCC(F)(F)F)cc2ccc(C(=O)NCC3CCCOC3)nc12. The molecule has 2 heterocycles. The molecule has 1 aromatic carbocycles. The second-order valence-electron chi connectivity index (χ2n) is 8.80. The normalized spacial score (nSPS) is 17.7. The second kappa shape index (κ2) is 8.79. The van der Waals surface area contributed by atoms with Crippen molar-refractivity contribution in [2.24, 2.45) is 5.92 Å². The maximum atomic E-state index is 12.6. The van der Waals surface area contributed by atoms with Gasteiger partial charge in [-0.2, -0.15) is 13.2 Å². The van der Waals surface area contributed by atoms with E-state index in [2.05, 4.69) is 15.6 Å². The Morgan fingerprint density at radius 1 is 1.23 bits per heavy atom. The van der Waals surface area contributed by atoms with Gasteiger partial charge in [0.1, 0.15) is 12.2 Å². The summed E-state index contributed by atoms with van der Waals surface area (Å²) in [6.45, 7) is 6.73. The summed E-state index contributed by atoms with van der Waals surface area (Å²) in [6, 6.07) is 6.65. The van der Waals surface area contributed by atoms with Crippen LogP contribution in [0, 0.1) is 5.92 Å². The van der Waals surface area contributed by atoms with Crippen LogP contribution in [0.15, 0.2) is 24.3 Å². The van der Waals surface area contributed by atoms with E-state index in [1.54, 1.807) is 24.3 Å². The number of amides is 1. The van der Waals surface area contributed by atoms with Crippen LogP contribution in [0.1, 0.15) is 49.7 Å². The zero-order valence-corrected chi connectivity index (χ0v) is 17.5. The average Bonchev–Trinajstić information content (AvgIpc) is 2.69. The highest BCUT2D eigenvalue weighted by Gasteiger charge is 2.27. The molecule has 0 radical (unpaired) electrons. The summed E-state index contributed by atoms with van der Waals surface area (Å²) >= 11 is 0. The van der Waals surface area contributed by atoms with Crippen LogP contribution in [0.4, 0.5) is 18.9 Å². The second-order valence-corrected chi connectivity index (χ2v) is 8.80. The van der Waals surface area contributed by atoms with Crippen molar-refractivity contribution in [2.45, 2.75) is 45.2 Å². The van der Waals surface area contributed by atoms with Crippen LogP contribution in [-0.2, 0) is 10.2 Å². The average molecular weight is 423 g/mol. The predicted molar refractivity (Wildman–Crippen MR) is 111 cm³/mol. The zero-order valence-electron chi connectivity index (χ0n) is 17.5. The van der Waals surface area contributed by atoms with Crippen LogP contribution < -0.4 is 10.6 Å². The van der Waals surface area contributed by atoms with Crippen molar-refractivity contribution >= 4 is 22.5 Å². The number of carbonyl (C=O) groups excluding carboxylic acids is 1. The van der Waals surface area contributed by atoms with E-state index in [4.69, 9.17) is 4.74 Å². The van der Waals surface area contributed by atoms with Crippen LogP contribution in [0.3, 0.4) is 0 Å². The Bertz CT molecular complexity index is 901. The van der Waals surface area contributed by atoms with Gasteiger partial charge in [0.25, 0.3) is 5.91 Å². The molecule has 8 heteroatoms. The third-order valence-corrected chi connectivity index (χ3v) is 5.13. The van der Waals surface area contributed by atoms with Crippen LogP contribution in [0.25, 0.3) is 10.9 Å². The first-order valence-corrected chi connectivity index (χ1v) is 10.1. The lowest BCUT2D eigenvalue weighted by molar-refractivity contribution is -0.115. The van der Waals surface area contributed by atoms with Gasteiger partial charge in [-0.25, -0.2) is 4.98 Å². The fraction of sp³-hybridized carbons (Fsp3) is 0.545. The topological polar surface area (TPSA) is 63.2 Å². The monoisotopic (exact) mass is 423 g/mol. The standard InChI is InChI=1S/C22H28F3N3O2/c1-21(2,3)17-10-16(27-13-22(23,24)25)9-15-6-7-18(28-19(15)17)20(29)26-11-14-5-4-8-30-12-14/h6-7,9-10,14,27H,4-5,8,11-13H2,1-3H3,(H,26,29). The van der Waals surface area contributed by atoms with Crippen molar-refractivity contribution < 1.29 is 22.7 Å². The van der Waals surface area contributed by atoms with Gasteiger partial charge in [-0.15, -0.1) is 0 Å². The van der Waals surface area contributed by atoms with E-state index in [9.17, 15) is 18.0 Å². The predicted octanol–water partition coefficient (Wildman–Crippen LogP) is 4.66. The number of aromatic nitrogens is 1. The first-order chi connectivity index (χ1) is 14.0. The number of ether oxygens (including phenoxy) is 1. The molecule has 1 aromatic heterocycles. The molecule has 0 spiro atoms. The minimum Gasteiger partial charge on any atom is -0.381 e. The number of hydrogen-bond acceptors (Lipinski definition) is 4. The molecule has 1 aliphatic rings. The molecule has 1 aliphatic heterocycles. The molecule has 3 rings (SSSR count). The Hall–Kier alpha value is -2.35. The highest BCUT2D eigenvalue weighted by molar-refractivity contribution is 5.96. The third-order valence-electron chi connectivity index (χ3n) is 5.13. The van der Waals surface area contributed by atoms with E-state index in [-0.39, 0.29) is 11.3 Å². The molecule has 1 atom stereocenters. The molecule has 1 fully saturated rings. The van der Waals surface area contributed by atoms with Crippen LogP contribution in [0.2, 0.25) is 0 Å². The molecule has 5 nitrogen and oxygen atoms in total. The molecule has 0 aliphatic carbocycles. The number of hydrogen-bond donors (Lipinski definition) is 2. The van der Waals surface area contributed by atoms with E-state index < -0.39 is 12.7 Å². The van der Waals surface area contributed by atoms with Crippen LogP contribution in [0.5, 0.6) is 0 Å². The van der Waals surface area contributed by atoms with Gasteiger partial charge in [0.15, 0.2) is 0 Å². The fourth-order valence-corrected chi connectivity index (χ4v) is 3.53. The van der Waals surface area contributed by atoms with Crippen molar-refractivity contribution in [1.82, 2.24) is 10.3 Å². The lowest BCUT2D eigenvalue weighted by atomic mass is 9.85. The number of anilines is 1. The van der Waals surface area contributed by atoms with E-state index in [1.165, 1.54) is 0 Å². The number of benzene rings is 1. The maximum Gasteiger partial charge on any atom is 0.405 e. The van der Waals surface area contributed by atoms with Crippen molar-refractivity contribution in [3.05, 3.63) is 35.5 Å². The van der Waals surface area contributed by atoms with Gasteiger partial charge in [0.05, 0.1) is 12.1 Å². The van der Waals surface area contributed by atoms with Gasteiger partial charge >= 0.3 is 6.18 Å². The van der Waals surface area contributed by atoms with E-state index in [0.717, 1.165) is 25.0 Å². The summed E-state index contributed by atoms with van der Waals surface area (Å²) in [5.41, 5.74) is 1.70. The molecule has 2 N–H and O–H groups in total. The van der Waals surface area contributed by atoms with Gasteiger partial charge in [-0.1, -0.05) is 26.8 Å². The molecule has 1 unspecified atom stereocenters. The van der Waals surface area contributed by atoms with Crippen molar-refractivity contribution in [3.63, 3.8) is 0 Å². The Morgan fingerprint density at radius 2 is 2.00 bits per heavy atom. The van der Waals surface area contributed by atoms with Crippen LogP contribution in [-0.4, -0.2) is 43.4 Å². The number of carbonyl (C=O) groups is 1. The minimum absolute atomic E-state index is 0.262. The van der Waals surface area contributed by atoms with E-state index in [0.29, 0.717) is 41.4 Å². The molecular weight excluding hydrogens is 395 g/mol. The Morgan fingerprint density at radius 3 is 2.63 bits per heavy atom. The number of fused-ring (bicyclic) bond motifs is 1. The fourth-order valence-electron chi connectivity index (χ4n) is 3.53. The van der Waals surface area contributed by atoms with Gasteiger partial charge in [-0.05, 0) is 47.9 Å². The first kappa shape index (κ1) is 22.3. The Balaban J connectivity index is 1.85. The lowest BCUT2D eigenvalue weighted by Crippen LogP contribution is -2.33. The van der Waals surface area contributed by atoms with E-state index in [1.807, 2.05) is 20.8 Å². The highest BCUT2D eigenvalue weighted by atomic mass is 19.4. The molecule has 30 heavy (non-hydrogen) atoms. The molecule has 164 valence electrons. The third kappa shape index (κ3) is 5.84. The van der Waals surface area contributed by atoms with Crippen molar-refractivity contribution in [3.8, 4) is 0 Å². The largest absolute Gasteiger partial charge is 0.405 e. The molecule has 0 bridgehead atoms. The number of alkyl halides is 3. The van der Waals surface area contributed by atoms with Gasteiger partial charge in [0.2, 0.25) is 0 Å². The van der Waals surface area contributed by atoms with Gasteiger partial charge in [0, 0.05) is 24.2 Å². The smallest absolute Gasteiger partial charge is 0.381 e. The van der Waals surface area contributed by atoms with Gasteiger partial charge < -0.3 is 15.4 Å². The maximum absolute atomic E-state index is 12.6. The first-order valence-electron chi connectivity index (χ1n) is 10.1. The van der Waals surface area contributed by atoms with Gasteiger partial charge in [-0.3, -0.25) is 4.79 Å². The molecular formula is C22H28F3N3O2. The number of nitrogens with zero attached hydrogens (tertiary/aromatic N) is 1. The summed E-state index contributed by atoms with van der Waals surface area (Å²) < 4.78 is 43.3. The quantitative estimate of drug-likeness (QED) is 0.734. The highest BCUT2D eigenvalue weighted by Crippen LogP contribution is 2.32. The number of pyridine rings is 1. The lowest BCUT2D eigenvalue weighted by Gasteiger charge is -2.23. The number of nitrogens with one attached hydrogen (secondary N) is 2. The molecule has 1 saturated heterocycles. The summed E-state index contributed by atoms with van der Waals surface area (Å²) in [6.07, 6.45) is -2.29. The van der Waals surface area contributed by atoms with Crippen molar-refractivity contribution in [1.29, 1.82) is 0 Å². The van der Waals surface area contributed by atoms with Crippen LogP contribution >= 0.6 is 0 Å². The summed E-state index contributed by atoms with van der Waals surface area (Å²) in [4.78, 5) is 17.2. The Kier molecular flexibility index (Phi) is 6.55. The number of halogens is 3. The van der Waals surface area contributed by atoms with E-state index >= 15 is 0 Å². The summed E-state index contributed by atoms with van der Waals surface area (Å²) in [5.74, 6) is 0.0390.